The molecule has 0 unspecified atom stereocenters. The van der Waals surface area contributed by atoms with E-state index in [0.717, 1.165) is 36.9 Å². The van der Waals surface area contributed by atoms with E-state index < -0.39 is 0 Å². The first-order valence-electron chi connectivity index (χ1n) is 7.96. The molecule has 0 saturated heterocycles. The third kappa shape index (κ3) is 3.04. The zero-order valence-electron chi connectivity index (χ0n) is 12.8. The number of fused-ring (bicyclic) bond motifs is 1. The lowest BCUT2D eigenvalue weighted by atomic mass is 9.92. The van der Waals surface area contributed by atoms with Crippen LogP contribution in [0.15, 0.2) is 36.1 Å². The third-order valence-electron chi connectivity index (χ3n) is 4.42. The smallest absolute Gasteiger partial charge is 0.223 e. The Morgan fingerprint density at radius 1 is 1.13 bits per heavy atom. The predicted molar refractivity (Wildman–Crippen MR) is 94.5 cm³/mol. The molecule has 3 N–H and O–H groups in total. The average Bonchev–Trinajstić information content (AvgIpc) is 3.06. The molecule has 0 bridgehead atoms. The second kappa shape index (κ2) is 6.22. The maximum absolute atomic E-state index is 5.97. The molecule has 1 aliphatic rings. The second-order valence-corrected chi connectivity index (χ2v) is 6.99. The highest BCUT2D eigenvalue weighted by Crippen LogP contribution is 2.30. The van der Waals surface area contributed by atoms with E-state index in [1.54, 1.807) is 11.3 Å². The molecule has 0 aliphatic heterocycles. The van der Waals surface area contributed by atoms with Crippen LogP contribution in [-0.4, -0.2) is 27.0 Å². The Labute approximate surface area is 139 Å². The van der Waals surface area contributed by atoms with Crippen molar-refractivity contribution in [1.29, 1.82) is 0 Å². The van der Waals surface area contributed by atoms with Crippen molar-refractivity contribution < 1.29 is 0 Å². The minimum atomic E-state index is 0.350. The summed E-state index contributed by atoms with van der Waals surface area (Å²) in [4.78, 5) is 13.4. The van der Waals surface area contributed by atoms with Gasteiger partial charge in [0.25, 0.3) is 0 Å². The molecule has 3 aromatic heterocycles. The van der Waals surface area contributed by atoms with Crippen LogP contribution in [0.1, 0.15) is 25.7 Å². The summed E-state index contributed by atoms with van der Waals surface area (Å²) in [5, 5.41) is 6.74. The van der Waals surface area contributed by atoms with Crippen molar-refractivity contribution >= 4 is 27.4 Å². The molecule has 3 heterocycles. The molecule has 0 spiro atoms. The van der Waals surface area contributed by atoms with Crippen LogP contribution >= 0.6 is 11.3 Å². The Hall–Kier alpha value is -2.05. The standard InChI is InChI=1S/C17H19N5S/c18-11-1-3-12(4-2-11)21-17-20-7-5-15(22-17)14-9-19-10-16-13(14)6-8-23-16/h5-12H,1-4,18H2,(H,20,21,22). The van der Waals surface area contributed by atoms with Gasteiger partial charge in [-0.25, -0.2) is 9.97 Å². The van der Waals surface area contributed by atoms with Crippen molar-refractivity contribution in [3.05, 3.63) is 36.1 Å². The monoisotopic (exact) mass is 325 g/mol. The van der Waals surface area contributed by atoms with Gasteiger partial charge in [0.1, 0.15) is 0 Å². The van der Waals surface area contributed by atoms with E-state index in [-0.39, 0.29) is 0 Å². The lowest BCUT2D eigenvalue weighted by Crippen LogP contribution is -2.33. The first-order chi connectivity index (χ1) is 11.3. The van der Waals surface area contributed by atoms with E-state index in [2.05, 4.69) is 26.7 Å². The molecule has 118 valence electrons. The van der Waals surface area contributed by atoms with E-state index in [1.807, 2.05) is 24.7 Å². The van der Waals surface area contributed by atoms with Crippen molar-refractivity contribution in [2.75, 3.05) is 5.32 Å². The van der Waals surface area contributed by atoms with E-state index in [4.69, 9.17) is 10.7 Å². The van der Waals surface area contributed by atoms with Crippen LogP contribution in [0.4, 0.5) is 5.95 Å². The van der Waals surface area contributed by atoms with Crippen LogP contribution in [-0.2, 0) is 0 Å². The summed E-state index contributed by atoms with van der Waals surface area (Å²) in [6, 6.07) is 4.83. The maximum atomic E-state index is 5.97. The van der Waals surface area contributed by atoms with Gasteiger partial charge in [-0.2, -0.15) is 0 Å². The number of thiophene rings is 1. The largest absolute Gasteiger partial charge is 0.351 e. The maximum Gasteiger partial charge on any atom is 0.223 e. The lowest BCUT2D eigenvalue weighted by Gasteiger charge is -2.26. The normalized spacial score (nSPS) is 21.4. The van der Waals surface area contributed by atoms with Crippen LogP contribution in [0.25, 0.3) is 21.3 Å². The van der Waals surface area contributed by atoms with Crippen molar-refractivity contribution in [3.8, 4) is 11.3 Å². The minimum absolute atomic E-state index is 0.350. The summed E-state index contributed by atoms with van der Waals surface area (Å²) in [7, 11) is 0. The molecule has 4 rings (SSSR count). The van der Waals surface area contributed by atoms with Crippen LogP contribution in [0.2, 0.25) is 0 Å². The van der Waals surface area contributed by atoms with Gasteiger partial charge in [0.05, 0.1) is 10.4 Å². The minimum Gasteiger partial charge on any atom is -0.351 e. The molecule has 0 radical (unpaired) electrons. The summed E-state index contributed by atoms with van der Waals surface area (Å²) in [6.07, 6.45) is 9.87. The summed E-state index contributed by atoms with van der Waals surface area (Å²) in [5.74, 6) is 0.690. The fraction of sp³-hybridized carbons (Fsp3) is 0.353. The number of hydrogen-bond donors (Lipinski definition) is 2. The van der Waals surface area contributed by atoms with Crippen LogP contribution in [0.5, 0.6) is 0 Å². The molecule has 0 aromatic carbocycles. The van der Waals surface area contributed by atoms with Gasteiger partial charge >= 0.3 is 0 Å². The van der Waals surface area contributed by atoms with Crippen molar-refractivity contribution in [3.63, 3.8) is 0 Å². The Kier molecular flexibility index (Phi) is 3.93. The summed E-state index contributed by atoms with van der Waals surface area (Å²) in [6.45, 7) is 0. The van der Waals surface area contributed by atoms with Crippen molar-refractivity contribution in [2.45, 2.75) is 37.8 Å². The van der Waals surface area contributed by atoms with Gasteiger partial charge in [-0.05, 0) is 43.2 Å². The molecule has 0 amide bonds. The van der Waals surface area contributed by atoms with E-state index in [9.17, 15) is 0 Å². The Bertz CT molecular complexity index is 807. The molecule has 3 aromatic rings. The summed E-state index contributed by atoms with van der Waals surface area (Å²) >= 11 is 1.70. The SMILES string of the molecule is NC1CCC(Nc2nccc(-c3cncc4sccc34)n2)CC1. The topological polar surface area (TPSA) is 76.7 Å². The fourth-order valence-electron chi connectivity index (χ4n) is 3.12. The van der Waals surface area contributed by atoms with Crippen LogP contribution < -0.4 is 11.1 Å². The first-order valence-corrected chi connectivity index (χ1v) is 8.84. The van der Waals surface area contributed by atoms with Gasteiger partial charge in [0, 0.05) is 41.6 Å². The van der Waals surface area contributed by atoms with Crippen molar-refractivity contribution in [2.24, 2.45) is 5.73 Å². The number of nitrogens with zero attached hydrogens (tertiary/aromatic N) is 3. The fourth-order valence-corrected chi connectivity index (χ4v) is 3.90. The summed E-state index contributed by atoms with van der Waals surface area (Å²) in [5.41, 5.74) is 7.93. The number of anilines is 1. The number of aromatic nitrogens is 3. The molecule has 5 nitrogen and oxygen atoms in total. The number of pyridine rings is 1. The van der Waals surface area contributed by atoms with Crippen LogP contribution in [0, 0.1) is 0 Å². The number of nitrogens with two attached hydrogens (primary N) is 1. The van der Waals surface area contributed by atoms with Gasteiger partial charge in [-0.15, -0.1) is 11.3 Å². The molecule has 23 heavy (non-hydrogen) atoms. The molecular formula is C17H19N5S. The molecular weight excluding hydrogens is 306 g/mol. The van der Waals surface area contributed by atoms with Gasteiger partial charge in [0.2, 0.25) is 5.95 Å². The van der Waals surface area contributed by atoms with Gasteiger partial charge in [-0.1, -0.05) is 0 Å². The number of nitrogens with one attached hydrogen (secondary N) is 1. The molecule has 1 aliphatic carbocycles. The second-order valence-electron chi connectivity index (χ2n) is 6.04. The molecule has 1 fully saturated rings. The zero-order chi connectivity index (χ0) is 15.6. The van der Waals surface area contributed by atoms with Crippen LogP contribution in [0.3, 0.4) is 0 Å². The highest BCUT2D eigenvalue weighted by atomic mass is 32.1. The average molecular weight is 325 g/mol. The molecule has 0 atom stereocenters. The van der Waals surface area contributed by atoms with Gasteiger partial charge in [0.15, 0.2) is 0 Å². The highest BCUT2D eigenvalue weighted by Gasteiger charge is 2.19. The summed E-state index contributed by atoms with van der Waals surface area (Å²) < 4.78 is 1.18. The Morgan fingerprint density at radius 3 is 2.87 bits per heavy atom. The Morgan fingerprint density at radius 2 is 2.00 bits per heavy atom. The molecule has 6 heteroatoms. The lowest BCUT2D eigenvalue weighted by molar-refractivity contribution is 0.410. The van der Waals surface area contributed by atoms with Crippen molar-refractivity contribution in [1.82, 2.24) is 15.0 Å². The zero-order valence-corrected chi connectivity index (χ0v) is 13.6. The third-order valence-corrected chi connectivity index (χ3v) is 5.27. The molecule has 1 saturated carbocycles. The van der Waals surface area contributed by atoms with E-state index in [0.29, 0.717) is 18.0 Å². The van der Waals surface area contributed by atoms with Gasteiger partial charge < -0.3 is 11.1 Å². The van der Waals surface area contributed by atoms with Gasteiger partial charge in [-0.3, -0.25) is 4.98 Å². The quantitative estimate of drug-likeness (QED) is 0.771. The Balaban J connectivity index is 1.60. The first kappa shape index (κ1) is 14.5. The highest BCUT2D eigenvalue weighted by molar-refractivity contribution is 7.17. The number of rotatable bonds is 3. The van der Waals surface area contributed by atoms with E-state index in [1.165, 1.54) is 10.1 Å². The number of hydrogen-bond acceptors (Lipinski definition) is 6. The predicted octanol–water partition coefficient (Wildman–Crippen LogP) is 3.44. The van der Waals surface area contributed by atoms with E-state index >= 15 is 0 Å².